The lowest BCUT2D eigenvalue weighted by molar-refractivity contribution is 0.110. The van der Waals surface area contributed by atoms with Crippen molar-refractivity contribution in [2.45, 2.75) is 19.4 Å². The first-order valence-electron chi connectivity index (χ1n) is 8.51. The number of fused-ring (bicyclic) bond motifs is 1. The Balaban J connectivity index is 1.80. The van der Waals surface area contributed by atoms with Gasteiger partial charge in [-0.2, -0.15) is 0 Å². The molecule has 3 heterocycles. The van der Waals surface area contributed by atoms with Gasteiger partial charge in [0.1, 0.15) is 11.3 Å². The molecule has 1 aromatic carbocycles. The number of likely N-dealkylation sites (tertiary alicyclic amines) is 1. The van der Waals surface area contributed by atoms with Gasteiger partial charge in [0.2, 0.25) is 0 Å². The lowest BCUT2D eigenvalue weighted by Crippen LogP contribution is -2.18. The van der Waals surface area contributed by atoms with Gasteiger partial charge >= 0.3 is 0 Å². The molecule has 0 spiro atoms. The van der Waals surface area contributed by atoms with Crippen LogP contribution in [0.25, 0.3) is 22.1 Å². The van der Waals surface area contributed by atoms with Gasteiger partial charge in [0, 0.05) is 35.5 Å². The molecule has 0 N–H and O–H groups in total. The fourth-order valence-electron chi connectivity index (χ4n) is 3.49. The Bertz CT molecular complexity index is 910. The number of aromatic nitrogens is 1. The summed E-state index contributed by atoms with van der Waals surface area (Å²) >= 11 is 0. The van der Waals surface area contributed by atoms with Crippen molar-refractivity contribution in [1.82, 2.24) is 9.88 Å². The molecule has 3 aromatic rings. The van der Waals surface area contributed by atoms with E-state index in [-0.39, 0.29) is 0 Å². The van der Waals surface area contributed by atoms with Gasteiger partial charge in [0.05, 0.1) is 7.11 Å². The second-order valence-corrected chi connectivity index (χ2v) is 6.39. The minimum Gasteiger partial charge on any atom is -0.496 e. The zero-order chi connectivity index (χ0) is 17.2. The predicted octanol–water partition coefficient (Wildman–Crippen LogP) is 3.91. The summed E-state index contributed by atoms with van der Waals surface area (Å²) in [6.07, 6.45) is 6.72. The number of methoxy groups -OCH3 is 1. The molecule has 0 saturated carbocycles. The number of ether oxygens (including phenoxy) is 1. The van der Waals surface area contributed by atoms with Gasteiger partial charge in [-0.25, -0.2) is 0 Å². The van der Waals surface area contributed by atoms with Crippen molar-refractivity contribution in [2.24, 2.45) is 0 Å². The molecule has 128 valence electrons. The van der Waals surface area contributed by atoms with Crippen molar-refractivity contribution in [3.63, 3.8) is 0 Å². The first-order chi connectivity index (χ1) is 12.3. The Labute approximate surface area is 146 Å². The summed E-state index contributed by atoms with van der Waals surface area (Å²) in [5.41, 5.74) is 3.67. The number of pyridine rings is 1. The predicted molar refractivity (Wildman–Crippen MR) is 95.9 cm³/mol. The van der Waals surface area contributed by atoms with E-state index in [9.17, 15) is 4.79 Å². The lowest BCUT2D eigenvalue weighted by Gasteiger charge is -2.16. The average Bonchev–Trinajstić information content (AvgIpc) is 3.30. The molecule has 0 unspecified atom stereocenters. The number of rotatable bonds is 5. The zero-order valence-electron chi connectivity index (χ0n) is 14.2. The Hall–Kier alpha value is -2.66. The largest absolute Gasteiger partial charge is 0.496 e. The molecule has 5 heteroatoms. The quantitative estimate of drug-likeness (QED) is 0.661. The monoisotopic (exact) mass is 336 g/mol. The van der Waals surface area contributed by atoms with Gasteiger partial charge in [-0.1, -0.05) is 6.07 Å². The van der Waals surface area contributed by atoms with Crippen LogP contribution in [0.1, 0.15) is 29.0 Å². The topological polar surface area (TPSA) is 55.6 Å². The summed E-state index contributed by atoms with van der Waals surface area (Å²) in [6, 6.07) is 7.94. The summed E-state index contributed by atoms with van der Waals surface area (Å²) in [7, 11) is 1.66. The van der Waals surface area contributed by atoms with Crippen LogP contribution in [0.15, 0.2) is 41.1 Å². The highest BCUT2D eigenvalue weighted by Crippen LogP contribution is 2.36. The average molecular weight is 336 g/mol. The van der Waals surface area contributed by atoms with Crippen LogP contribution in [0.4, 0.5) is 0 Å². The van der Waals surface area contributed by atoms with E-state index in [1.165, 1.54) is 18.4 Å². The van der Waals surface area contributed by atoms with Crippen LogP contribution in [0, 0.1) is 0 Å². The molecule has 0 aliphatic carbocycles. The van der Waals surface area contributed by atoms with E-state index >= 15 is 0 Å². The fraction of sp³-hybridized carbons (Fsp3) is 0.300. The molecule has 5 nitrogen and oxygen atoms in total. The SMILES string of the molecule is COc1ccc(CN2CCCC2)cc1-c1cncc2cc(C=O)oc12. The van der Waals surface area contributed by atoms with Crippen molar-refractivity contribution in [1.29, 1.82) is 0 Å². The van der Waals surface area contributed by atoms with Gasteiger partial charge < -0.3 is 9.15 Å². The Morgan fingerprint density at radius 1 is 1.20 bits per heavy atom. The number of carbonyl (C=O) groups excluding carboxylic acids is 1. The summed E-state index contributed by atoms with van der Waals surface area (Å²) in [4.78, 5) is 17.8. The molecule has 1 saturated heterocycles. The molecule has 0 amide bonds. The van der Waals surface area contributed by atoms with E-state index in [0.29, 0.717) is 17.6 Å². The molecule has 4 rings (SSSR count). The van der Waals surface area contributed by atoms with Crippen LogP contribution in [0.5, 0.6) is 5.75 Å². The van der Waals surface area contributed by atoms with Crippen LogP contribution >= 0.6 is 0 Å². The highest BCUT2D eigenvalue weighted by atomic mass is 16.5. The summed E-state index contributed by atoms with van der Waals surface area (Å²) in [5.74, 6) is 1.07. The second-order valence-electron chi connectivity index (χ2n) is 6.39. The summed E-state index contributed by atoms with van der Waals surface area (Å²) < 4.78 is 11.3. The summed E-state index contributed by atoms with van der Waals surface area (Å²) in [5, 5.41) is 0.812. The van der Waals surface area contributed by atoms with Crippen LogP contribution in [-0.4, -0.2) is 36.4 Å². The maximum absolute atomic E-state index is 11.1. The van der Waals surface area contributed by atoms with Crippen molar-refractivity contribution >= 4 is 17.3 Å². The Morgan fingerprint density at radius 2 is 2.04 bits per heavy atom. The van der Waals surface area contributed by atoms with E-state index in [2.05, 4.69) is 22.0 Å². The van der Waals surface area contributed by atoms with E-state index in [4.69, 9.17) is 9.15 Å². The number of benzene rings is 1. The standard InChI is InChI=1S/C20H20N2O3/c1-24-19-5-4-14(12-22-6-2-3-7-22)8-17(19)18-11-21-10-15-9-16(13-23)25-20(15)18/h4-5,8-11,13H,2-3,6-7,12H2,1H3. The minimum atomic E-state index is 0.302. The van der Waals surface area contributed by atoms with Crippen LogP contribution in [0.3, 0.4) is 0 Å². The zero-order valence-corrected chi connectivity index (χ0v) is 14.2. The number of aldehydes is 1. The third kappa shape index (κ3) is 3.03. The van der Waals surface area contributed by atoms with Crippen molar-refractivity contribution < 1.29 is 13.9 Å². The molecule has 1 aliphatic rings. The molecular weight excluding hydrogens is 316 g/mol. The Morgan fingerprint density at radius 3 is 2.80 bits per heavy atom. The number of hydrogen-bond acceptors (Lipinski definition) is 5. The molecule has 1 fully saturated rings. The minimum absolute atomic E-state index is 0.302. The third-order valence-electron chi connectivity index (χ3n) is 4.72. The molecule has 0 bridgehead atoms. The first kappa shape index (κ1) is 15.8. The van der Waals surface area contributed by atoms with Crippen LogP contribution in [-0.2, 0) is 6.54 Å². The molecule has 1 aliphatic heterocycles. The van der Waals surface area contributed by atoms with Crippen molar-refractivity contribution in [3.05, 3.63) is 48.0 Å². The van der Waals surface area contributed by atoms with E-state index in [1.807, 2.05) is 6.07 Å². The normalized spacial score (nSPS) is 14.9. The van der Waals surface area contributed by atoms with Gasteiger partial charge in [-0.3, -0.25) is 14.7 Å². The number of hydrogen-bond donors (Lipinski definition) is 0. The molecule has 25 heavy (non-hydrogen) atoms. The van der Waals surface area contributed by atoms with Gasteiger partial charge in [-0.15, -0.1) is 0 Å². The lowest BCUT2D eigenvalue weighted by atomic mass is 10.0. The molecule has 2 aromatic heterocycles. The number of nitrogens with zero attached hydrogens (tertiary/aromatic N) is 2. The highest BCUT2D eigenvalue weighted by molar-refractivity contribution is 5.95. The van der Waals surface area contributed by atoms with Crippen molar-refractivity contribution in [3.8, 4) is 16.9 Å². The van der Waals surface area contributed by atoms with E-state index in [0.717, 1.165) is 41.9 Å². The first-order valence-corrected chi connectivity index (χ1v) is 8.51. The van der Waals surface area contributed by atoms with E-state index in [1.54, 1.807) is 25.6 Å². The second kappa shape index (κ2) is 6.69. The van der Waals surface area contributed by atoms with Gasteiger partial charge in [-0.05, 0) is 49.7 Å². The summed E-state index contributed by atoms with van der Waals surface area (Å²) in [6.45, 7) is 3.23. The van der Waals surface area contributed by atoms with Crippen molar-refractivity contribution in [2.75, 3.05) is 20.2 Å². The number of furan rings is 1. The smallest absolute Gasteiger partial charge is 0.185 e. The Kier molecular flexibility index (Phi) is 4.24. The van der Waals surface area contributed by atoms with Crippen LogP contribution in [0.2, 0.25) is 0 Å². The van der Waals surface area contributed by atoms with Gasteiger partial charge in [0.15, 0.2) is 12.0 Å². The third-order valence-corrected chi connectivity index (χ3v) is 4.72. The van der Waals surface area contributed by atoms with Crippen LogP contribution < -0.4 is 4.74 Å². The highest BCUT2D eigenvalue weighted by Gasteiger charge is 2.17. The molecule has 0 radical (unpaired) electrons. The number of carbonyl (C=O) groups is 1. The van der Waals surface area contributed by atoms with Gasteiger partial charge in [0.25, 0.3) is 0 Å². The molecular formula is C20H20N2O3. The maximum atomic E-state index is 11.1. The van der Waals surface area contributed by atoms with E-state index < -0.39 is 0 Å². The fourth-order valence-corrected chi connectivity index (χ4v) is 3.49. The molecule has 0 atom stereocenters. The maximum Gasteiger partial charge on any atom is 0.185 e.